The summed E-state index contributed by atoms with van der Waals surface area (Å²) >= 11 is 0. The number of rotatable bonds is 5. The number of hydrogen-bond acceptors (Lipinski definition) is 2. The first-order chi connectivity index (χ1) is 9.16. The first-order valence-corrected chi connectivity index (χ1v) is 7.35. The van der Waals surface area contributed by atoms with Crippen molar-refractivity contribution in [1.29, 1.82) is 0 Å². The highest BCUT2D eigenvalue weighted by Gasteiger charge is 2.21. The Morgan fingerprint density at radius 2 is 1.95 bits per heavy atom. The van der Waals surface area contributed by atoms with Crippen molar-refractivity contribution >= 4 is 0 Å². The van der Waals surface area contributed by atoms with Crippen LogP contribution in [0.5, 0.6) is 0 Å². The molecule has 19 heavy (non-hydrogen) atoms. The van der Waals surface area contributed by atoms with Crippen LogP contribution in [-0.2, 0) is 0 Å². The van der Waals surface area contributed by atoms with Crippen LogP contribution in [0.4, 0.5) is 0 Å². The normalized spacial score (nSPS) is 18.4. The van der Waals surface area contributed by atoms with Gasteiger partial charge in [0.1, 0.15) is 0 Å². The van der Waals surface area contributed by atoms with E-state index in [1.807, 2.05) is 0 Å². The second-order valence-electron chi connectivity index (χ2n) is 5.78. The van der Waals surface area contributed by atoms with E-state index in [4.69, 9.17) is 0 Å². The highest BCUT2D eigenvalue weighted by Crippen LogP contribution is 2.23. The molecule has 0 amide bonds. The van der Waals surface area contributed by atoms with Crippen LogP contribution in [0, 0.1) is 0 Å². The molecule has 1 atom stereocenters. The average molecular weight is 258 g/mol. The predicted octanol–water partition coefficient (Wildman–Crippen LogP) is 3.38. The van der Waals surface area contributed by atoms with Crippen LogP contribution in [-0.4, -0.2) is 30.6 Å². The Bertz CT molecular complexity index is 409. The number of nitrogens with zero attached hydrogens (tertiary/aromatic N) is 1. The predicted molar refractivity (Wildman–Crippen MR) is 82.3 cm³/mol. The standard InChI is InChI=1S/C17H26N2/c1-14(2)18-13-17(16-7-5-4-6-8-16)19-11-9-15(3)10-12-19/h4-9,14,17-18H,10-13H2,1-3H3. The van der Waals surface area contributed by atoms with Gasteiger partial charge in [0.2, 0.25) is 0 Å². The summed E-state index contributed by atoms with van der Waals surface area (Å²) in [5, 5.41) is 3.59. The number of nitrogens with one attached hydrogen (secondary N) is 1. The quantitative estimate of drug-likeness (QED) is 0.815. The number of hydrogen-bond donors (Lipinski definition) is 1. The second-order valence-corrected chi connectivity index (χ2v) is 5.78. The zero-order chi connectivity index (χ0) is 13.7. The van der Waals surface area contributed by atoms with Crippen LogP contribution in [0.1, 0.15) is 38.8 Å². The fourth-order valence-electron chi connectivity index (χ4n) is 2.55. The molecule has 0 spiro atoms. The van der Waals surface area contributed by atoms with Crippen LogP contribution < -0.4 is 5.32 Å². The molecule has 2 heteroatoms. The van der Waals surface area contributed by atoms with Gasteiger partial charge in [-0.05, 0) is 18.9 Å². The molecule has 0 bridgehead atoms. The molecule has 1 heterocycles. The molecule has 104 valence electrons. The third-order valence-electron chi connectivity index (χ3n) is 3.81. The summed E-state index contributed by atoms with van der Waals surface area (Å²) in [6.07, 6.45) is 3.57. The van der Waals surface area contributed by atoms with Crippen molar-refractivity contribution in [3.63, 3.8) is 0 Å². The highest BCUT2D eigenvalue weighted by atomic mass is 15.2. The molecule has 0 radical (unpaired) electrons. The molecule has 1 aliphatic heterocycles. The van der Waals surface area contributed by atoms with Crippen molar-refractivity contribution in [2.45, 2.75) is 39.3 Å². The van der Waals surface area contributed by atoms with Gasteiger partial charge in [-0.3, -0.25) is 4.90 Å². The summed E-state index contributed by atoms with van der Waals surface area (Å²) in [6.45, 7) is 9.92. The third kappa shape index (κ3) is 4.19. The zero-order valence-corrected chi connectivity index (χ0v) is 12.4. The molecule has 1 N–H and O–H groups in total. The Morgan fingerprint density at radius 3 is 2.53 bits per heavy atom. The van der Waals surface area contributed by atoms with Crippen molar-refractivity contribution in [3.8, 4) is 0 Å². The molecule has 1 aromatic carbocycles. The summed E-state index contributed by atoms with van der Waals surface area (Å²) < 4.78 is 0. The van der Waals surface area contributed by atoms with E-state index in [1.54, 1.807) is 0 Å². The van der Waals surface area contributed by atoms with E-state index in [0.29, 0.717) is 12.1 Å². The Hall–Kier alpha value is -1.12. The van der Waals surface area contributed by atoms with Gasteiger partial charge in [0, 0.05) is 31.7 Å². The molecular weight excluding hydrogens is 232 g/mol. The molecule has 2 nitrogen and oxygen atoms in total. The second kappa shape index (κ2) is 6.88. The van der Waals surface area contributed by atoms with Crippen molar-refractivity contribution in [2.24, 2.45) is 0 Å². The Kier molecular flexibility index (Phi) is 5.17. The molecule has 0 saturated heterocycles. The van der Waals surface area contributed by atoms with Gasteiger partial charge in [-0.1, -0.05) is 55.8 Å². The summed E-state index contributed by atoms with van der Waals surface area (Å²) in [6, 6.07) is 11.9. The first kappa shape index (κ1) is 14.3. The molecule has 1 aliphatic rings. The van der Waals surface area contributed by atoms with E-state index < -0.39 is 0 Å². The van der Waals surface area contributed by atoms with Crippen molar-refractivity contribution in [3.05, 3.63) is 47.5 Å². The minimum Gasteiger partial charge on any atom is -0.313 e. The Labute approximate surface area is 117 Å². The van der Waals surface area contributed by atoms with E-state index in [-0.39, 0.29) is 0 Å². The van der Waals surface area contributed by atoms with Gasteiger partial charge in [0.15, 0.2) is 0 Å². The van der Waals surface area contributed by atoms with Crippen LogP contribution in [0.25, 0.3) is 0 Å². The maximum atomic E-state index is 3.59. The van der Waals surface area contributed by atoms with Crippen molar-refractivity contribution in [1.82, 2.24) is 10.2 Å². The van der Waals surface area contributed by atoms with Crippen LogP contribution in [0.3, 0.4) is 0 Å². The van der Waals surface area contributed by atoms with Crippen LogP contribution in [0.2, 0.25) is 0 Å². The monoisotopic (exact) mass is 258 g/mol. The molecule has 0 fully saturated rings. The van der Waals surface area contributed by atoms with Gasteiger partial charge >= 0.3 is 0 Å². The molecule has 0 saturated carbocycles. The lowest BCUT2D eigenvalue weighted by Gasteiger charge is -2.34. The minimum atomic E-state index is 0.480. The van der Waals surface area contributed by atoms with Gasteiger partial charge in [0.25, 0.3) is 0 Å². The molecule has 0 aromatic heterocycles. The van der Waals surface area contributed by atoms with Crippen molar-refractivity contribution in [2.75, 3.05) is 19.6 Å². The lowest BCUT2D eigenvalue weighted by Crippen LogP contribution is -2.40. The molecule has 0 aliphatic carbocycles. The van der Waals surface area contributed by atoms with Gasteiger partial charge in [-0.25, -0.2) is 0 Å². The minimum absolute atomic E-state index is 0.480. The lowest BCUT2D eigenvalue weighted by atomic mass is 10.0. The molecule has 2 rings (SSSR count). The van der Waals surface area contributed by atoms with Crippen LogP contribution in [0.15, 0.2) is 42.0 Å². The third-order valence-corrected chi connectivity index (χ3v) is 3.81. The van der Waals surface area contributed by atoms with E-state index in [2.05, 4.69) is 67.4 Å². The maximum absolute atomic E-state index is 3.59. The summed E-state index contributed by atoms with van der Waals surface area (Å²) in [5.41, 5.74) is 2.95. The smallest absolute Gasteiger partial charge is 0.0476 e. The molecule has 1 unspecified atom stereocenters. The van der Waals surface area contributed by atoms with E-state index in [1.165, 1.54) is 24.1 Å². The van der Waals surface area contributed by atoms with Crippen LogP contribution >= 0.6 is 0 Å². The van der Waals surface area contributed by atoms with Gasteiger partial charge < -0.3 is 5.32 Å². The first-order valence-electron chi connectivity index (χ1n) is 7.35. The van der Waals surface area contributed by atoms with Gasteiger partial charge in [-0.15, -0.1) is 0 Å². The van der Waals surface area contributed by atoms with Gasteiger partial charge in [0.05, 0.1) is 0 Å². The van der Waals surface area contributed by atoms with E-state index >= 15 is 0 Å². The lowest BCUT2D eigenvalue weighted by molar-refractivity contribution is 0.204. The fourth-order valence-corrected chi connectivity index (χ4v) is 2.55. The molecule has 1 aromatic rings. The maximum Gasteiger partial charge on any atom is 0.0476 e. The zero-order valence-electron chi connectivity index (χ0n) is 12.4. The summed E-state index contributed by atoms with van der Waals surface area (Å²) in [4.78, 5) is 2.58. The Morgan fingerprint density at radius 1 is 1.21 bits per heavy atom. The van der Waals surface area contributed by atoms with Crippen molar-refractivity contribution < 1.29 is 0 Å². The van der Waals surface area contributed by atoms with E-state index in [9.17, 15) is 0 Å². The summed E-state index contributed by atoms with van der Waals surface area (Å²) in [7, 11) is 0. The summed E-state index contributed by atoms with van der Waals surface area (Å²) in [5.74, 6) is 0. The SMILES string of the molecule is CC1=CCN(C(CNC(C)C)c2ccccc2)CC1. The largest absolute Gasteiger partial charge is 0.313 e. The topological polar surface area (TPSA) is 15.3 Å². The molecular formula is C17H26N2. The highest BCUT2D eigenvalue weighted by molar-refractivity contribution is 5.20. The van der Waals surface area contributed by atoms with E-state index in [0.717, 1.165) is 13.1 Å². The fraction of sp³-hybridized carbons (Fsp3) is 0.529. The van der Waals surface area contributed by atoms with Gasteiger partial charge in [-0.2, -0.15) is 0 Å². The Balaban J connectivity index is 2.10. The average Bonchev–Trinajstić information content (AvgIpc) is 2.42. The number of benzene rings is 1.